The zero-order chi connectivity index (χ0) is 10.3. The summed E-state index contributed by atoms with van der Waals surface area (Å²) in [6.45, 7) is 2.00. The molecule has 0 aliphatic rings. The molecule has 4 nitrogen and oxygen atoms in total. The highest BCUT2D eigenvalue weighted by molar-refractivity contribution is 5.94. The lowest BCUT2D eigenvalue weighted by atomic mass is 10.1. The monoisotopic (exact) mass is 186 g/mol. The van der Waals surface area contributed by atoms with Crippen LogP contribution >= 0.6 is 0 Å². The Balaban J connectivity index is 4.11. The molecule has 74 valence electrons. The van der Waals surface area contributed by atoms with Crippen molar-refractivity contribution in [2.75, 3.05) is 0 Å². The highest BCUT2D eigenvalue weighted by Gasteiger charge is 2.08. The number of carboxylic acid groups (broad SMARTS) is 2. The summed E-state index contributed by atoms with van der Waals surface area (Å²) < 4.78 is 0. The molecule has 0 spiro atoms. The minimum Gasteiger partial charge on any atom is -0.478 e. The normalized spacial score (nSPS) is 11.3. The van der Waals surface area contributed by atoms with E-state index in [9.17, 15) is 9.59 Å². The molecule has 0 saturated heterocycles. The molecule has 0 heterocycles. The van der Waals surface area contributed by atoms with Crippen molar-refractivity contribution in [1.29, 1.82) is 0 Å². The minimum absolute atomic E-state index is 0.0269. The fourth-order valence-electron chi connectivity index (χ4n) is 0.955. The number of hydrogen-bond acceptors (Lipinski definition) is 2. The van der Waals surface area contributed by atoms with Crippen LogP contribution in [0.2, 0.25) is 0 Å². The number of carboxylic acids is 2. The summed E-state index contributed by atoms with van der Waals surface area (Å²) in [6.07, 6.45) is 3.72. The SMILES string of the molecule is CCCCC/C(=C/C(=O)O)C(=O)O. The molecule has 0 aromatic carbocycles. The second kappa shape index (κ2) is 6.22. The Labute approximate surface area is 76.9 Å². The molecule has 4 heteroatoms. The second-order valence-corrected chi connectivity index (χ2v) is 2.77. The van der Waals surface area contributed by atoms with Crippen LogP contribution in [0.1, 0.15) is 32.6 Å². The zero-order valence-corrected chi connectivity index (χ0v) is 7.62. The lowest BCUT2D eigenvalue weighted by Gasteiger charge is -1.99. The molecule has 0 aromatic rings. The summed E-state index contributed by atoms with van der Waals surface area (Å²) in [5.74, 6) is -2.34. The van der Waals surface area contributed by atoms with Crippen molar-refractivity contribution in [2.45, 2.75) is 32.6 Å². The molecule has 0 aromatic heterocycles. The fraction of sp³-hybridized carbons (Fsp3) is 0.556. The summed E-state index contributed by atoms with van der Waals surface area (Å²) in [7, 11) is 0. The van der Waals surface area contributed by atoms with Crippen LogP contribution in [0.4, 0.5) is 0 Å². The van der Waals surface area contributed by atoms with E-state index in [0.717, 1.165) is 25.3 Å². The smallest absolute Gasteiger partial charge is 0.331 e. The molecular weight excluding hydrogens is 172 g/mol. The average molecular weight is 186 g/mol. The largest absolute Gasteiger partial charge is 0.478 e. The summed E-state index contributed by atoms with van der Waals surface area (Å²) in [4.78, 5) is 20.7. The molecule has 0 unspecified atom stereocenters. The third kappa shape index (κ3) is 5.90. The Morgan fingerprint density at radius 2 is 1.85 bits per heavy atom. The predicted molar refractivity (Wildman–Crippen MR) is 47.5 cm³/mol. The Kier molecular flexibility index (Phi) is 5.59. The molecular formula is C9H14O4. The van der Waals surface area contributed by atoms with Crippen LogP contribution in [0.25, 0.3) is 0 Å². The van der Waals surface area contributed by atoms with Gasteiger partial charge in [0.2, 0.25) is 0 Å². The first-order valence-electron chi connectivity index (χ1n) is 4.24. The molecule has 0 aliphatic heterocycles. The van der Waals surface area contributed by atoms with Crippen LogP contribution in [0.15, 0.2) is 11.6 Å². The van der Waals surface area contributed by atoms with Crippen molar-refractivity contribution in [3.8, 4) is 0 Å². The first kappa shape index (κ1) is 11.7. The highest BCUT2D eigenvalue weighted by Crippen LogP contribution is 2.08. The Morgan fingerprint density at radius 1 is 1.23 bits per heavy atom. The maximum absolute atomic E-state index is 10.5. The van der Waals surface area contributed by atoms with Gasteiger partial charge in [0.1, 0.15) is 0 Å². The van der Waals surface area contributed by atoms with Crippen LogP contribution < -0.4 is 0 Å². The molecule has 0 saturated carbocycles. The second-order valence-electron chi connectivity index (χ2n) is 2.77. The van der Waals surface area contributed by atoms with E-state index in [1.807, 2.05) is 6.92 Å². The van der Waals surface area contributed by atoms with Gasteiger partial charge >= 0.3 is 11.9 Å². The van der Waals surface area contributed by atoms with Gasteiger partial charge in [-0.1, -0.05) is 19.8 Å². The van der Waals surface area contributed by atoms with Crippen molar-refractivity contribution in [3.05, 3.63) is 11.6 Å². The first-order chi connectivity index (χ1) is 6.07. The van der Waals surface area contributed by atoms with Crippen LogP contribution in [-0.4, -0.2) is 22.2 Å². The van der Waals surface area contributed by atoms with Gasteiger partial charge in [-0.2, -0.15) is 0 Å². The number of unbranched alkanes of at least 4 members (excludes halogenated alkanes) is 2. The van der Waals surface area contributed by atoms with E-state index in [-0.39, 0.29) is 5.57 Å². The summed E-state index contributed by atoms with van der Waals surface area (Å²) >= 11 is 0. The van der Waals surface area contributed by atoms with Gasteiger partial charge in [-0.15, -0.1) is 0 Å². The number of rotatable bonds is 6. The lowest BCUT2D eigenvalue weighted by molar-refractivity contribution is -0.135. The third-order valence-corrected chi connectivity index (χ3v) is 1.62. The molecule has 0 fully saturated rings. The van der Waals surface area contributed by atoms with Gasteiger partial charge in [0, 0.05) is 11.6 Å². The van der Waals surface area contributed by atoms with Crippen molar-refractivity contribution < 1.29 is 19.8 Å². The lowest BCUT2D eigenvalue weighted by Crippen LogP contribution is -2.03. The third-order valence-electron chi connectivity index (χ3n) is 1.62. The van der Waals surface area contributed by atoms with Crippen LogP contribution in [-0.2, 0) is 9.59 Å². The van der Waals surface area contributed by atoms with E-state index in [1.165, 1.54) is 0 Å². The molecule has 0 bridgehead atoms. The minimum atomic E-state index is -1.20. The fourth-order valence-corrected chi connectivity index (χ4v) is 0.955. The molecule has 13 heavy (non-hydrogen) atoms. The van der Waals surface area contributed by atoms with Crippen molar-refractivity contribution in [1.82, 2.24) is 0 Å². The van der Waals surface area contributed by atoms with E-state index >= 15 is 0 Å². The number of hydrogen-bond donors (Lipinski definition) is 2. The molecule has 0 radical (unpaired) electrons. The van der Waals surface area contributed by atoms with Gasteiger partial charge < -0.3 is 10.2 Å². The Morgan fingerprint density at radius 3 is 2.23 bits per heavy atom. The maximum atomic E-state index is 10.5. The molecule has 0 atom stereocenters. The van der Waals surface area contributed by atoms with Crippen molar-refractivity contribution in [3.63, 3.8) is 0 Å². The summed E-state index contributed by atoms with van der Waals surface area (Å²) in [5, 5.41) is 16.9. The highest BCUT2D eigenvalue weighted by atomic mass is 16.4. The van der Waals surface area contributed by atoms with Crippen LogP contribution in [0, 0.1) is 0 Å². The molecule has 0 rings (SSSR count). The van der Waals surface area contributed by atoms with E-state index in [2.05, 4.69) is 0 Å². The van der Waals surface area contributed by atoms with Gasteiger partial charge in [0.15, 0.2) is 0 Å². The van der Waals surface area contributed by atoms with E-state index in [0.29, 0.717) is 6.42 Å². The van der Waals surface area contributed by atoms with E-state index in [4.69, 9.17) is 10.2 Å². The maximum Gasteiger partial charge on any atom is 0.331 e. The quantitative estimate of drug-likeness (QED) is 0.488. The summed E-state index contributed by atoms with van der Waals surface area (Å²) in [6, 6.07) is 0. The van der Waals surface area contributed by atoms with Crippen LogP contribution in [0.3, 0.4) is 0 Å². The van der Waals surface area contributed by atoms with Crippen molar-refractivity contribution in [2.24, 2.45) is 0 Å². The van der Waals surface area contributed by atoms with Gasteiger partial charge in [0.05, 0.1) is 0 Å². The zero-order valence-electron chi connectivity index (χ0n) is 7.62. The van der Waals surface area contributed by atoms with E-state index < -0.39 is 11.9 Å². The first-order valence-corrected chi connectivity index (χ1v) is 4.24. The Bertz CT molecular complexity index is 218. The summed E-state index contributed by atoms with van der Waals surface area (Å²) in [5.41, 5.74) is -0.0269. The molecule has 2 N–H and O–H groups in total. The van der Waals surface area contributed by atoms with Gasteiger partial charge in [-0.05, 0) is 12.8 Å². The standard InChI is InChI=1S/C9H14O4/c1-2-3-4-5-7(9(12)13)6-8(10)11/h6H,2-5H2,1H3,(H,10,11)(H,12,13)/b7-6-. The average Bonchev–Trinajstić information content (AvgIpc) is 2.02. The van der Waals surface area contributed by atoms with Gasteiger partial charge in [-0.25, -0.2) is 9.59 Å². The molecule has 0 amide bonds. The number of aliphatic carboxylic acids is 2. The van der Waals surface area contributed by atoms with Crippen molar-refractivity contribution >= 4 is 11.9 Å². The van der Waals surface area contributed by atoms with E-state index in [1.54, 1.807) is 0 Å². The number of carbonyl (C=O) groups is 2. The van der Waals surface area contributed by atoms with Gasteiger partial charge in [-0.3, -0.25) is 0 Å². The van der Waals surface area contributed by atoms with Crippen LogP contribution in [0.5, 0.6) is 0 Å². The van der Waals surface area contributed by atoms with Gasteiger partial charge in [0.25, 0.3) is 0 Å². The molecule has 0 aliphatic carbocycles. The topological polar surface area (TPSA) is 74.6 Å². The predicted octanol–water partition coefficient (Wildman–Crippen LogP) is 1.66. The Hall–Kier alpha value is -1.32.